The van der Waals surface area contributed by atoms with Crippen molar-refractivity contribution in [3.63, 3.8) is 0 Å². The summed E-state index contributed by atoms with van der Waals surface area (Å²) in [4.78, 5) is 0. The van der Waals surface area contributed by atoms with Gasteiger partial charge in [-0.05, 0) is 18.2 Å². The van der Waals surface area contributed by atoms with Gasteiger partial charge in [-0.3, -0.25) is 0 Å². The lowest BCUT2D eigenvalue weighted by Gasteiger charge is -1.98. The summed E-state index contributed by atoms with van der Waals surface area (Å²) in [5.74, 6) is 0.0801. The first-order chi connectivity index (χ1) is 7.24. The second-order valence-corrected chi connectivity index (χ2v) is 3.05. The number of hydrogen-bond donors (Lipinski definition) is 1. The number of hydrogen-bond acceptors (Lipinski definition) is 4. The van der Waals surface area contributed by atoms with Gasteiger partial charge in [0, 0.05) is 23.2 Å². The maximum Gasteiger partial charge on any atom is 0.249 e. The lowest BCUT2D eigenvalue weighted by molar-refractivity contribution is 0.472. The van der Waals surface area contributed by atoms with Crippen LogP contribution in [0.5, 0.6) is 5.75 Å². The van der Waals surface area contributed by atoms with E-state index in [1.165, 1.54) is 12.1 Å². The van der Waals surface area contributed by atoms with E-state index in [9.17, 15) is 5.11 Å². The molecule has 1 heterocycles. The van der Waals surface area contributed by atoms with Crippen molar-refractivity contribution >= 4 is 22.7 Å². The Balaban J connectivity index is 2.89. The second kappa shape index (κ2) is 3.64. The van der Waals surface area contributed by atoms with E-state index >= 15 is 0 Å². The molecule has 0 aliphatic heterocycles. The molecule has 2 aromatic rings. The molecule has 0 fully saturated rings. The van der Waals surface area contributed by atoms with E-state index in [2.05, 4.69) is 4.51 Å². The smallest absolute Gasteiger partial charge is 0.249 e. The van der Waals surface area contributed by atoms with E-state index in [0.29, 0.717) is 11.0 Å². The molecule has 4 nitrogen and oxygen atoms in total. The molecule has 74 valence electrons. The molecule has 1 N–H and O–H groups in total. The van der Waals surface area contributed by atoms with E-state index in [4.69, 9.17) is 21.5 Å². The van der Waals surface area contributed by atoms with Gasteiger partial charge in [0.25, 0.3) is 0 Å². The number of phenolic OH excluding ortho intramolecular Hbond substituents is 1. The maximum absolute atomic E-state index is 9.23. The standard InChI is InChI=1S/C10H5ClN2O2/c11-13-10-7(5-12)3-6-1-2-8(14)4-9(6)15-10/h1-4,14H/b13-10+. The third kappa shape index (κ3) is 1.65. The zero-order chi connectivity index (χ0) is 10.8. The van der Waals surface area contributed by atoms with Crippen molar-refractivity contribution < 1.29 is 9.52 Å². The average Bonchev–Trinajstić information content (AvgIpc) is 2.27. The monoisotopic (exact) mass is 220 g/mol. The third-order valence-corrected chi connectivity index (χ3v) is 2.08. The summed E-state index contributed by atoms with van der Waals surface area (Å²) in [6, 6.07) is 8.10. The Bertz CT molecular complexity index is 625. The normalized spacial score (nSPS) is 11.6. The van der Waals surface area contributed by atoms with Crippen LogP contribution in [0.2, 0.25) is 0 Å². The number of rotatable bonds is 0. The van der Waals surface area contributed by atoms with Crippen molar-refractivity contribution in [1.29, 1.82) is 5.26 Å². The molecule has 0 aliphatic carbocycles. The van der Waals surface area contributed by atoms with Crippen molar-refractivity contribution in [3.05, 3.63) is 35.4 Å². The van der Waals surface area contributed by atoms with Crippen molar-refractivity contribution in [2.24, 2.45) is 4.51 Å². The summed E-state index contributed by atoms with van der Waals surface area (Å²) >= 11 is 5.27. The first-order valence-corrected chi connectivity index (χ1v) is 4.40. The number of nitrogens with zero attached hydrogens (tertiary/aromatic N) is 2. The molecule has 0 amide bonds. The van der Waals surface area contributed by atoms with Gasteiger partial charge >= 0.3 is 0 Å². The summed E-state index contributed by atoms with van der Waals surface area (Å²) < 4.78 is 8.56. The van der Waals surface area contributed by atoms with Crippen LogP contribution in [0.15, 0.2) is 33.2 Å². The number of fused-ring (bicyclic) bond motifs is 1. The van der Waals surface area contributed by atoms with E-state index in [0.717, 1.165) is 0 Å². The highest BCUT2D eigenvalue weighted by Gasteiger charge is 2.03. The molecule has 0 saturated carbocycles. The minimum absolute atomic E-state index is 0.0391. The van der Waals surface area contributed by atoms with Gasteiger partial charge in [-0.15, -0.1) is 4.51 Å². The topological polar surface area (TPSA) is 69.5 Å². The van der Waals surface area contributed by atoms with Crippen LogP contribution in [0, 0.1) is 11.3 Å². The van der Waals surface area contributed by atoms with E-state index in [1.54, 1.807) is 12.1 Å². The van der Waals surface area contributed by atoms with Crippen molar-refractivity contribution in [2.75, 3.05) is 0 Å². The molecule has 0 saturated heterocycles. The van der Waals surface area contributed by atoms with Crippen LogP contribution in [-0.4, -0.2) is 5.11 Å². The van der Waals surface area contributed by atoms with Crippen molar-refractivity contribution in [2.45, 2.75) is 0 Å². The molecule has 0 bridgehead atoms. The molecule has 5 heteroatoms. The van der Waals surface area contributed by atoms with Crippen molar-refractivity contribution in [3.8, 4) is 11.8 Å². The van der Waals surface area contributed by atoms with Gasteiger partial charge in [0.15, 0.2) is 0 Å². The van der Waals surface area contributed by atoms with Gasteiger partial charge in [-0.25, -0.2) is 0 Å². The summed E-state index contributed by atoms with van der Waals surface area (Å²) in [5.41, 5.74) is 0.717. The van der Waals surface area contributed by atoms with Gasteiger partial charge in [0.1, 0.15) is 23.0 Å². The summed E-state index contributed by atoms with van der Waals surface area (Å²) in [6.07, 6.45) is 0. The summed E-state index contributed by atoms with van der Waals surface area (Å²) in [6.45, 7) is 0. The molecule has 0 spiro atoms. The van der Waals surface area contributed by atoms with Gasteiger partial charge < -0.3 is 9.52 Å². The number of halogens is 1. The maximum atomic E-state index is 9.23. The average molecular weight is 221 g/mol. The fourth-order valence-electron chi connectivity index (χ4n) is 1.25. The number of phenols is 1. The van der Waals surface area contributed by atoms with Crippen molar-refractivity contribution in [1.82, 2.24) is 0 Å². The molecule has 0 unspecified atom stereocenters. The Morgan fingerprint density at radius 3 is 2.87 bits per heavy atom. The van der Waals surface area contributed by atoms with Crippen LogP contribution in [0.1, 0.15) is 5.56 Å². The van der Waals surface area contributed by atoms with Crippen LogP contribution in [0.25, 0.3) is 11.0 Å². The predicted molar refractivity (Wildman–Crippen MR) is 54.0 cm³/mol. The Hall–Kier alpha value is -1.99. The lowest BCUT2D eigenvalue weighted by atomic mass is 10.2. The van der Waals surface area contributed by atoms with Gasteiger partial charge in [0.05, 0.1) is 0 Å². The number of aromatic hydroxyl groups is 1. The van der Waals surface area contributed by atoms with Gasteiger partial charge in [-0.1, -0.05) is 0 Å². The zero-order valence-corrected chi connectivity index (χ0v) is 8.19. The van der Waals surface area contributed by atoms with Gasteiger partial charge in [-0.2, -0.15) is 5.26 Å². The Labute approximate surface area is 89.8 Å². The first kappa shape index (κ1) is 9.56. The fourth-order valence-corrected chi connectivity index (χ4v) is 1.38. The fraction of sp³-hybridized carbons (Fsp3) is 0. The van der Waals surface area contributed by atoms with E-state index < -0.39 is 0 Å². The molecule has 1 aromatic heterocycles. The summed E-state index contributed by atoms with van der Waals surface area (Å²) in [7, 11) is 0. The van der Waals surface area contributed by atoms with Gasteiger partial charge in [0.2, 0.25) is 5.55 Å². The Kier molecular flexibility index (Phi) is 2.32. The number of nitriles is 1. The molecule has 1 aromatic carbocycles. The first-order valence-electron chi connectivity index (χ1n) is 4.06. The van der Waals surface area contributed by atoms with E-state index in [-0.39, 0.29) is 16.9 Å². The summed E-state index contributed by atoms with van der Waals surface area (Å²) in [5, 5.41) is 18.7. The highest BCUT2D eigenvalue weighted by Crippen LogP contribution is 2.18. The Morgan fingerprint density at radius 2 is 2.20 bits per heavy atom. The minimum Gasteiger partial charge on any atom is -0.508 e. The SMILES string of the molecule is N#Cc1cc2ccc(O)cc2o/c1=N/Cl. The molecule has 2 rings (SSSR count). The minimum atomic E-state index is 0.0391. The lowest BCUT2D eigenvalue weighted by Crippen LogP contribution is -2.04. The third-order valence-electron chi connectivity index (χ3n) is 1.93. The molecular weight excluding hydrogens is 216 g/mol. The molecule has 15 heavy (non-hydrogen) atoms. The molecule has 0 radical (unpaired) electrons. The zero-order valence-electron chi connectivity index (χ0n) is 7.44. The Morgan fingerprint density at radius 1 is 1.40 bits per heavy atom. The highest BCUT2D eigenvalue weighted by atomic mass is 35.5. The van der Waals surface area contributed by atoms with Crippen LogP contribution in [0.4, 0.5) is 0 Å². The van der Waals surface area contributed by atoms with Crippen LogP contribution >= 0.6 is 11.8 Å². The molecule has 0 aliphatic rings. The largest absolute Gasteiger partial charge is 0.508 e. The molecule has 0 atom stereocenters. The second-order valence-electron chi connectivity index (χ2n) is 2.88. The van der Waals surface area contributed by atoms with Crippen LogP contribution < -0.4 is 5.55 Å². The van der Waals surface area contributed by atoms with E-state index in [1.807, 2.05) is 6.07 Å². The predicted octanol–water partition coefficient (Wildman–Crippen LogP) is 2.06. The van der Waals surface area contributed by atoms with Crippen LogP contribution in [-0.2, 0) is 0 Å². The quantitative estimate of drug-likeness (QED) is 0.739. The van der Waals surface area contributed by atoms with Crippen LogP contribution in [0.3, 0.4) is 0 Å². The number of benzene rings is 1. The molecular formula is C10H5ClN2O2. The highest BCUT2D eigenvalue weighted by molar-refractivity contribution is 6.14.